The molecule has 22 heavy (non-hydrogen) atoms. The zero-order valence-electron chi connectivity index (χ0n) is 12.3. The summed E-state index contributed by atoms with van der Waals surface area (Å²) in [6.45, 7) is 4.04. The highest BCUT2D eigenvalue weighted by Crippen LogP contribution is 2.27. The van der Waals surface area contributed by atoms with E-state index in [4.69, 9.17) is 0 Å². The van der Waals surface area contributed by atoms with Crippen molar-refractivity contribution >= 4 is 0 Å². The molecule has 5 heteroatoms. The van der Waals surface area contributed by atoms with E-state index < -0.39 is 11.6 Å². The van der Waals surface area contributed by atoms with E-state index in [1.807, 2.05) is 13.0 Å². The van der Waals surface area contributed by atoms with Crippen LogP contribution in [-0.4, -0.2) is 14.5 Å². The van der Waals surface area contributed by atoms with Gasteiger partial charge < -0.3 is 4.57 Å². The molecule has 0 saturated carbocycles. The summed E-state index contributed by atoms with van der Waals surface area (Å²) < 4.78 is 30.1. The predicted octanol–water partition coefficient (Wildman–Crippen LogP) is 3.89. The number of pyridine rings is 1. The SMILES string of the molecule is Cc1cnccc1Cn1ccnc1-c1c(F)ccc(C)c1F. The van der Waals surface area contributed by atoms with Gasteiger partial charge >= 0.3 is 0 Å². The van der Waals surface area contributed by atoms with Crippen LogP contribution in [0.4, 0.5) is 8.78 Å². The second-order valence-electron chi connectivity index (χ2n) is 5.23. The summed E-state index contributed by atoms with van der Waals surface area (Å²) in [6, 6.07) is 4.58. The molecule has 3 aromatic rings. The minimum Gasteiger partial charge on any atom is -0.326 e. The van der Waals surface area contributed by atoms with E-state index in [0.717, 1.165) is 11.1 Å². The van der Waals surface area contributed by atoms with Crippen molar-refractivity contribution in [1.82, 2.24) is 14.5 Å². The van der Waals surface area contributed by atoms with Crippen molar-refractivity contribution in [1.29, 1.82) is 0 Å². The number of nitrogens with zero attached hydrogens (tertiary/aromatic N) is 3. The summed E-state index contributed by atoms with van der Waals surface area (Å²) >= 11 is 0. The number of aryl methyl sites for hydroxylation is 2. The molecule has 3 nitrogen and oxygen atoms in total. The minimum absolute atomic E-state index is 0.0864. The van der Waals surface area contributed by atoms with Crippen LogP contribution in [0, 0.1) is 25.5 Å². The van der Waals surface area contributed by atoms with Crippen molar-refractivity contribution in [2.24, 2.45) is 0 Å². The van der Waals surface area contributed by atoms with Crippen LogP contribution >= 0.6 is 0 Å². The fourth-order valence-electron chi connectivity index (χ4n) is 2.39. The number of rotatable bonds is 3. The number of aromatic nitrogens is 3. The molecular weight excluding hydrogens is 284 g/mol. The van der Waals surface area contributed by atoms with E-state index >= 15 is 0 Å². The van der Waals surface area contributed by atoms with E-state index in [9.17, 15) is 8.78 Å². The maximum absolute atomic E-state index is 14.3. The lowest BCUT2D eigenvalue weighted by Crippen LogP contribution is -2.05. The Morgan fingerprint density at radius 3 is 2.64 bits per heavy atom. The number of imidazole rings is 1. The van der Waals surface area contributed by atoms with Crippen molar-refractivity contribution in [3.8, 4) is 11.4 Å². The zero-order chi connectivity index (χ0) is 15.7. The lowest BCUT2D eigenvalue weighted by atomic mass is 10.1. The Labute approximate surface area is 127 Å². The van der Waals surface area contributed by atoms with Crippen LogP contribution in [0.3, 0.4) is 0 Å². The number of benzene rings is 1. The summed E-state index contributed by atoms with van der Waals surface area (Å²) in [5.41, 5.74) is 2.36. The molecule has 0 unspecified atom stereocenters. The van der Waals surface area contributed by atoms with Gasteiger partial charge in [-0.1, -0.05) is 6.07 Å². The third-order valence-electron chi connectivity index (χ3n) is 3.70. The first-order valence-electron chi connectivity index (χ1n) is 6.93. The van der Waals surface area contributed by atoms with Gasteiger partial charge in [-0.15, -0.1) is 0 Å². The molecule has 0 fully saturated rings. The van der Waals surface area contributed by atoms with Crippen LogP contribution in [0.25, 0.3) is 11.4 Å². The number of hydrogen-bond donors (Lipinski definition) is 0. The monoisotopic (exact) mass is 299 g/mol. The first kappa shape index (κ1) is 14.4. The van der Waals surface area contributed by atoms with Crippen LogP contribution in [0.1, 0.15) is 16.7 Å². The summed E-state index contributed by atoms with van der Waals surface area (Å²) in [6.07, 6.45) is 6.73. The van der Waals surface area contributed by atoms with Gasteiger partial charge in [-0.3, -0.25) is 4.98 Å². The van der Waals surface area contributed by atoms with Crippen LogP contribution in [0.5, 0.6) is 0 Å². The van der Waals surface area contributed by atoms with Gasteiger partial charge in [-0.2, -0.15) is 0 Å². The Hall–Kier alpha value is -2.56. The van der Waals surface area contributed by atoms with Crippen LogP contribution in [-0.2, 0) is 6.54 Å². The van der Waals surface area contributed by atoms with Crippen molar-refractivity contribution in [3.05, 3.63) is 71.3 Å². The summed E-state index contributed by atoms with van der Waals surface area (Å²) in [5, 5.41) is 0. The lowest BCUT2D eigenvalue weighted by molar-refractivity contribution is 0.579. The first-order chi connectivity index (χ1) is 10.6. The van der Waals surface area contributed by atoms with Gasteiger partial charge in [-0.05, 0) is 42.7 Å². The molecule has 0 N–H and O–H groups in total. The molecule has 0 amide bonds. The van der Waals surface area contributed by atoms with Gasteiger partial charge in [0.05, 0.1) is 5.56 Å². The second kappa shape index (κ2) is 5.67. The Bertz CT molecular complexity index is 825. The highest BCUT2D eigenvalue weighted by Gasteiger charge is 2.18. The molecule has 1 aromatic carbocycles. The van der Waals surface area contributed by atoms with E-state index in [1.54, 1.807) is 36.3 Å². The molecule has 2 aromatic heterocycles. The molecule has 0 aliphatic heterocycles. The third-order valence-corrected chi connectivity index (χ3v) is 3.70. The van der Waals surface area contributed by atoms with Crippen molar-refractivity contribution < 1.29 is 8.78 Å². The van der Waals surface area contributed by atoms with Crippen molar-refractivity contribution in [3.63, 3.8) is 0 Å². The molecule has 0 bridgehead atoms. The van der Waals surface area contributed by atoms with Crippen molar-refractivity contribution in [2.75, 3.05) is 0 Å². The Morgan fingerprint density at radius 1 is 1.05 bits per heavy atom. The van der Waals surface area contributed by atoms with Gasteiger partial charge in [0.1, 0.15) is 17.5 Å². The molecule has 3 rings (SSSR count). The van der Waals surface area contributed by atoms with Gasteiger partial charge in [0.25, 0.3) is 0 Å². The highest BCUT2D eigenvalue weighted by molar-refractivity contribution is 5.59. The standard InChI is InChI=1S/C17H15F2N3/c1-11-3-4-14(18)15(16(11)19)17-21-7-8-22(17)10-13-5-6-20-9-12(13)2/h3-9H,10H2,1-2H3. The van der Waals surface area contributed by atoms with E-state index in [1.165, 1.54) is 12.1 Å². The Morgan fingerprint density at radius 2 is 1.86 bits per heavy atom. The molecule has 112 valence electrons. The topological polar surface area (TPSA) is 30.7 Å². The second-order valence-corrected chi connectivity index (χ2v) is 5.23. The fourth-order valence-corrected chi connectivity index (χ4v) is 2.39. The van der Waals surface area contributed by atoms with Crippen LogP contribution in [0.15, 0.2) is 43.0 Å². The maximum Gasteiger partial charge on any atom is 0.146 e. The largest absolute Gasteiger partial charge is 0.326 e. The van der Waals surface area contributed by atoms with E-state index in [2.05, 4.69) is 9.97 Å². The fraction of sp³-hybridized carbons (Fsp3) is 0.176. The van der Waals surface area contributed by atoms with Gasteiger partial charge in [0.15, 0.2) is 0 Å². The van der Waals surface area contributed by atoms with Crippen molar-refractivity contribution in [2.45, 2.75) is 20.4 Å². The third kappa shape index (κ3) is 2.50. The quantitative estimate of drug-likeness (QED) is 0.734. The van der Waals surface area contributed by atoms with E-state index in [-0.39, 0.29) is 11.4 Å². The summed E-state index contributed by atoms with van der Waals surface area (Å²) in [5.74, 6) is -0.893. The van der Waals surface area contributed by atoms with Crippen LogP contribution < -0.4 is 0 Å². The average molecular weight is 299 g/mol. The van der Waals surface area contributed by atoms with Gasteiger partial charge in [0.2, 0.25) is 0 Å². The Balaban J connectivity index is 2.07. The minimum atomic E-state index is -0.609. The molecule has 0 spiro atoms. The maximum atomic E-state index is 14.3. The average Bonchev–Trinajstić information content (AvgIpc) is 2.94. The first-order valence-corrected chi connectivity index (χ1v) is 6.93. The van der Waals surface area contributed by atoms with E-state index in [0.29, 0.717) is 12.1 Å². The molecule has 0 radical (unpaired) electrons. The smallest absolute Gasteiger partial charge is 0.146 e. The lowest BCUT2D eigenvalue weighted by Gasteiger charge is -2.12. The summed E-state index contributed by atoms with van der Waals surface area (Å²) in [7, 11) is 0. The molecule has 2 heterocycles. The van der Waals surface area contributed by atoms with Crippen LogP contribution in [0.2, 0.25) is 0 Å². The predicted molar refractivity (Wildman–Crippen MR) is 80.4 cm³/mol. The molecular formula is C17H15F2N3. The zero-order valence-corrected chi connectivity index (χ0v) is 12.3. The molecule has 0 atom stereocenters. The summed E-state index contributed by atoms with van der Waals surface area (Å²) in [4.78, 5) is 8.19. The van der Waals surface area contributed by atoms with Gasteiger partial charge in [0, 0.05) is 31.3 Å². The molecule has 0 aliphatic rings. The molecule has 0 aliphatic carbocycles. The normalized spacial score (nSPS) is 10.9. The number of hydrogen-bond acceptors (Lipinski definition) is 2. The molecule has 0 saturated heterocycles. The Kier molecular flexibility index (Phi) is 3.71. The van der Waals surface area contributed by atoms with Gasteiger partial charge in [-0.25, -0.2) is 13.8 Å². The number of halogens is 2. The highest BCUT2D eigenvalue weighted by atomic mass is 19.1.